The van der Waals surface area contributed by atoms with Crippen LogP contribution in [0.1, 0.15) is 37.5 Å². The molecule has 130 valence electrons. The molecule has 0 saturated heterocycles. The summed E-state index contributed by atoms with van der Waals surface area (Å²) >= 11 is 1.50. The predicted molar refractivity (Wildman–Crippen MR) is 99.3 cm³/mol. The molecule has 3 aromatic rings. The molecule has 2 aromatic heterocycles. The van der Waals surface area contributed by atoms with Crippen LogP contribution in [0.3, 0.4) is 0 Å². The van der Waals surface area contributed by atoms with E-state index in [1.54, 1.807) is 13.3 Å². The number of rotatable bonds is 5. The van der Waals surface area contributed by atoms with Crippen molar-refractivity contribution in [1.82, 2.24) is 14.9 Å². The van der Waals surface area contributed by atoms with Crippen LogP contribution in [0.4, 0.5) is 0 Å². The monoisotopic (exact) mass is 355 g/mol. The third-order valence-corrected chi connectivity index (χ3v) is 5.36. The molecule has 3 rings (SSSR count). The fraction of sp³-hybridized carbons (Fsp3) is 0.263. The fourth-order valence-corrected chi connectivity index (χ4v) is 3.60. The van der Waals surface area contributed by atoms with E-state index in [0.29, 0.717) is 4.88 Å². The molecule has 0 saturated carbocycles. The molecular weight excluding hydrogens is 334 g/mol. The lowest BCUT2D eigenvalue weighted by atomic mass is 10.1. The van der Waals surface area contributed by atoms with Crippen molar-refractivity contribution < 1.29 is 9.53 Å². The highest BCUT2D eigenvalue weighted by Crippen LogP contribution is 2.26. The maximum Gasteiger partial charge on any atom is 0.262 e. The van der Waals surface area contributed by atoms with E-state index in [1.165, 1.54) is 11.3 Å². The number of hydrogen-bond acceptors (Lipinski definition) is 4. The van der Waals surface area contributed by atoms with Crippen LogP contribution in [0.2, 0.25) is 0 Å². The molecule has 1 N–H and O–H groups in total. The number of amides is 1. The van der Waals surface area contributed by atoms with E-state index in [0.717, 1.165) is 27.6 Å². The van der Waals surface area contributed by atoms with Crippen LogP contribution in [-0.4, -0.2) is 22.6 Å². The van der Waals surface area contributed by atoms with E-state index in [1.807, 2.05) is 62.0 Å². The van der Waals surface area contributed by atoms with Crippen molar-refractivity contribution in [1.29, 1.82) is 0 Å². The number of nitrogens with one attached hydrogen (secondary N) is 1. The molecule has 25 heavy (non-hydrogen) atoms. The molecule has 6 heteroatoms. The van der Waals surface area contributed by atoms with Gasteiger partial charge in [-0.3, -0.25) is 4.79 Å². The number of nitrogens with zero attached hydrogens (tertiary/aromatic N) is 2. The van der Waals surface area contributed by atoms with Gasteiger partial charge in [0.1, 0.15) is 17.6 Å². The number of methoxy groups -OCH3 is 1. The van der Waals surface area contributed by atoms with Gasteiger partial charge in [0, 0.05) is 24.3 Å². The molecule has 0 aliphatic carbocycles. The van der Waals surface area contributed by atoms with Crippen molar-refractivity contribution in [3.8, 4) is 5.75 Å². The first kappa shape index (κ1) is 17.2. The van der Waals surface area contributed by atoms with Crippen LogP contribution in [0.15, 0.2) is 42.7 Å². The van der Waals surface area contributed by atoms with Gasteiger partial charge in [0.15, 0.2) is 0 Å². The van der Waals surface area contributed by atoms with E-state index in [9.17, 15) is 4.79 Å². The Morgan fingerprint density at radius 2 is 2.12 bits per heavy atom. The average molecular weight is 355 g/mol. The Bertz CT molecular complexity index is 878. The number of thiophene rings is 1. The van der Waals surface area contributed by atoms with Crippen molar-refractivity contribution in [3.63, 3.8) is 0 Å². The number of carbonyl (C=O) groups is 1. The molecule has 0 spiro atoms. The molecule has 0 fully saturated rings. The summed E-state index contributed by atoms with van der Waals surface area (Å²) in [5.41, 5.74) is 2.05. The Balaban J connectivity index is 1.96. The maximum atomic E-state index is 12.8. The van der Waals surface area contributed by atoms with Gasteiger partial charge in [0.2, 0.25) is 0 Å². The predicted octanol–water partition coefficient (Wildman–Crippen LogP) is 3.63. The summed E-state index contributed by atoms with van der Waals surface area (Å²) in [5.74, 6) is 1.41. The molecule has 5 nitrogen and oxygen atoms in total. The summed E-state index contributed by atoms with van der Waals surface area (Å²) in [6.07, 6.45) is 3.60. The van der Waals surface area contributed by atoms with Gasteiger partial charge >= 0.3 is 0 Å². The molecule has 1 aromatic carbocycles. The largest absolute Gasteiger partial charge is 0.497 e. The Morgan fingerprint density at radius 3 is 2.72 bits per heavy atom. The van der Waals surface area contributed by atoms with E-state index >= 15 is 0 Å². The molecule has 1 amide bonds. The molecule has 1 atom stereocenters. The van der Waals surface area contributed by atoms with Gasteiger partial charge in [-0.1, -0.05) is 12.1 Å². The summed E-state index contributed by atoms with van der Waals surface area (Å²) in [7, 11) is 3.55. The van der Waals surface area contributed by atoms with Crippen molar-refractivity contribution in [2.45, 2.75) is 19.9 Å². The fourth-order valence-electron chi connectivity index (χ4n) is 2.66. The number of ether oxygens (including phenoxy) is 1. The summed E-state index contributed by atoms with van der Waals surface area (Å²) in [5, 5.41) is 3.12. The topological polar surface area (TPSA) is 56.1 Å². The summed E-state index contributed by atoms with van der Waals surface area (Å²) in [6.45, 7) is 4.04. The zero-order valence-electron chi connectivity index (χ0n) is 14.7. The Morgan fingerprint density at radius 1 is 1.32 bits per heavy atom. The van der Waals surface area contributed by atoms with E-state index in [-0.39, 0.29) is 11.9 Å². The van der Waals surface area contributed by atoms with Gasteiger partial charge < -0.3 is 14.6 Å². The molecule has 0 aliphatic heterocycles. The lowest BCUT2D eigenvalue weighted by molar-refractivity contribution is 0.0945. The summed E-state index contributed by atoms with van der Waals surface area (Å²) < 4.78 is 7.24. The van der Waals surface area contributed by atoms with Crippen LogP contribution >= 0.6 is 11.3 Å². The number of imidazole rings is 1. The SMILES string of the molecule is COc1cccc([C@@H](NC(=O)c2cc(C)c(C)s2)c2nccn2C)c1. The van der Waals surface area contributed by atoms with Gasteiger partial charge in [-0.2, -0.15) is 0 Å². The quantitative estimate of drug-likeness (QED) is 0.760. The molecule has 0 unspecified atom stereocenters. The van der Waals surface area contributed by atoms with Crippen LogP contribution in [0.25, 0.3) is 0 Å². The van der Waals surface area contributed by atoms with Crippen molar-refractivity contribution in [2.75, 3.05) is 7.11 Å². The molecule has 0 radical (unpaired) electrons. The zero-order chi connectivity index (χ0) is 18.0. The minimum absolute atomic E-state index is 0.1000. The maximum absolute atomic E-state index is 12.8. The Kier molecular flexibility index (Phi) is 4.90. The highest BCUT2D eigenvalue weighted by atomic mass is 32.1. The average Bonchev–Trinajstić information content (AvgIpc) is 3.18. The lowest BCUT2D eigenvalue weighted by Gasteiger charge is -2.19. The molecule has 0 aliphatic rings. The third-order valence-electron chi connectivity index (χ3n) is 4.21. The second kappa shape index (κ2) is 7.11. The molecular formula is C19H21N3O2S. The number of carbonyl (C=O) groups excluding carboxylic acids is 1. The highest BCUT2D eigenvalue weighted by molar-refractivity contribution is 7.14. The normalized spacial score (nSPS) is 12.0. The minimum atomic E-state index is -0.356. The number of aromatic nitrogens is 2. The van der Waals surface area contributed by atoms with Gasteiger partial charge in [-0.15, -0.1) is 11.3 Å². The molecule has 0 bridgehead atoms. The highest BCUT2D eigenvalue weighted by Gasteiger charge is 2.23. The zero-order valence-corrected chi connectivity index (χ0v) is 15.6. The van der Waals surface area contributed by atoms with E-state index < -0.39 is 0 Å². The number of benzene rings is 1. The van der Waals surface area contributed by atoms with Gasteiger partial charge in [-0.25, -0.2) is 4.98 Å². The Hall–Kier alpha value is -2.60. The first-order valence-corrected chi connectivity index (χ1v) is 8.80. The standard InChI is InChI=1S/C19H21N3O2S/c1-12-10-16(25-13(12)2)19(23)21-17(18-20-8-9-22(18)3)14-6-5-7-15(11-14)24-4/h5-11,17H,1-4H3,(H,21,23)/t17-/m1/s1. The minimum Gasteiger partial charge on any atom is -0.497 e. The summed E-state index contributed by atoms with van der Waals surface area (Å²) in [4.78, 5) is 19.1. The lowest BCUT2D eigenvalue weighted by Crippen LogP contribution is -2.30. The summed E-state index contributed by atoms with van der Waals surface area (Å²) in [6, 6.07) is 9.25. The van der Waals surface area contributed by atoms with Crippen LogP contribution in [0.5, 0.6) is 5.75 Å². The van der Waals surface area contributed by atoms with Crippen molar-refractivity contribution in [3.05, 3.63) is 69.4 Å². The second-order valence-electron chi connectivity index (χ2n) is 5.93. The first-order valence-electron chi connectivity index (χ1n) is 7.98. The van der Waals surface area contributed by atoms with Crippen molar-refractivity contribution >= 4 is 17.2 Å². The van der Waals surface area contributed by atoms with Crippen LogP contribution in [0, 0.1) is 13.8 Å². The third kappa shape index (κ3) is 3.58. The number of hydrogen-bond donors (Lipinski definition) is 1. The first-order chi connectivity index (χ1) is 12.0. The van der Waals surface area contributed by atoms with Gasteiger partial charge in [0.25, 0.3) is 5.91 Å². The van der Waals surface area contributed by atoms with Gasteiger partial charge in [0.05, 0.1) is 12.0 Å². The second-order valence-corrected chi connectivity index (χ2v) is 7.19. The van der Waals surface area contributed by atoms with Crippen LogP contribution in [-0.2, 0) is 7.05 Å². The molecule has 2 heterocycles. The van der Waals surface area contributed by atoms with E-state index in [2.05, 4.69) is 10.3 Å². The van der Waals surface area contributed by atoms with Crippen LogP contribution < -0.4 is 10.1 Å². The van der Waals surface area contributed by atoms with E-state index in [4.69, 9.17) is 4.74 Å². The Labute approximate surface area is 151 Å². The smallest absolute Gasteiger partial charge is 0.262 e. The number of aryl methyl sites for hydroxylation is 3. The van der Waals surface area contributed by atoms with Crippen molar-refractivity contribution in [2.24, 2.45) is 7.05 Å². The van der Waals surface area contributed by atoms with Gasteiger partial charge in [-0.05, 0) is 43.2 Å².